The Morgan fingerprint density at radius 2 is 1.77 bits per heavy atom. The van der Waals surface area contributed by atoms with Crippen molar-refractivity contribution in [2.24, 2.45) is 0 Å². The minimum absolute atomic E-state index is 0.0115. The summed E-state index contributed by atoms with van der Waals surface area (Å²) in [4.78, 5) is 22.9. The number of benzene rings is 2. The number of anilines is 2. The molecule has 0 aliphatic heterocycles. The molecule has 5 nitrogen and oxygen atoms in total. The molecule has 2 N–H and O–H groups in total. The second-order valence-corrected chi connectivity index (χ2v) is 5.84. The molecule has 0 unspecified atom stereocenters. The number of nitrogens with one attached hydrogen (secondary N) is 2. The van der Waals surface area contributed by atoms with E-state index >= 15 is 0 Å². The van der Waals surface area contributed by atoms with E-state index in [1.165, 1.54) is 12.1 Å². The fourth-order valence-electron chi connectivity index (χ4n) is 1.75. The molecule has 0 aliphatic rings. The molecule has 0 saturated heterocycles. The zero-order valence-corrected chi connectivity index (χ0v) is 13.8. The number of amides is 2. The standard InChI is InChI=1S/C15H12BrClN2O3/c1-8-2-3-9(14(20)21)6-13(8)19-15(22)18-12-5-4-10(16)7-11(12)17/h2-7H,1H3,(H,20,21)(H2,18,19,22)/p-1. The van der Waals surface area contributed by atoms with Gasteiger partial charge in [-0.1, -0.05) is 39.7 Å². The Morgan fingerprint density at radius 1 is 1.09 bits per heavy atom. The normalized spacial score (nSPS) is 10.1. The summed E-state index contributed by atoms with van der Waals surface area (Å²) in [5.74, 6) is -1.31. The van der Waals surface area contributed by atoms with Crippen LogP contribution in [0.1, 0.15) is 15.9 Å². The van der Waals surface area contributed by atoms with Crippen LogP contribution in [0.3, 0.4) is 0 Å². The van der Waals surface area contributed by atoms with Crippen molar-refractivity contribution in [2.45, 2.75) is 6.92 Å². The lowest BCUT2D eigenvalue weighted by Crippen LogP contribution is -2.23. The lowest BCUT2D eigenvalue weighted by molar-refractivity contribution is -0.255. The van der Waals surface area contributed by atoms with E-state index in [1.807, 2.05) is 0 Å². The van der Waals surface area contributed by atoms with Crippen molar-refractivity contribution in [3.05, 3.63) is 57.0 Å². The number of aryl methyl sites for hydroxylation is 1. The molecule has 0 bridgehead atoms. The van der Waals surface area contributed by atoms with E-state index in [0.717, 1.165) is 10.0 Å². The van der Waals surface area contributed by atoms with E-state index in [4.69, 9.17) is 11.6 Å². The fourth-order valence-corrected chi connectivity index (χ4v) is 2.47. The summed E-state index contributed by atoms with van der Waals surface area (Å²) < 4.78 is 0.793. The summed E-state index contributed by atoms with van der Waals surface area (Å²) >= 11 is 9.29. The largest absolute Gasteiger partial charge is 0.545 e. The van der Waals surface area contributed by atoms with Crippen molar-refractivity contribution in [1.29, 1.82) is 0 Å². The summed E-state index contributed by atoms with van der Waals surface area (Å²) in [5.41, 5.74) is 1.54. The van der Waals surface area contributed by atoms with Gasteiger partial charge >= 0.3 is 6.03 Å². The van der Waals surface area contributed by atoms with Gasteiger partial charge in [0.05, 0.1) is 16.7 Å². The van der Waals surface area contributed by atoms with Crippen LogP contribution in [0.25, 0.3) is 0 Å². The molecule has 0 atom stereocenters. The predicted octanol–water partition coefficient (Wildman–Crippen LogP) is 3.42. The maximum atomic E-state index is 12.0. The van der Waals surface area contributed by atoms with Crippen LogP contribution < -0.4 is 15.7 Å². The van der Waals surface area contributed by atoms with E-state index in [0.29, 0.717) is 16.4 Å². The SMILES string of the molecule is Cc1ccc(C(=O)[O-])cc1NC(=O)Nc1ccc(Br)cc1Cl. The van der Waals surface area contributed by atoms with Gasteiger partial charge in [-0.25, -0.2) is 4.79 Å². The van der Waals surface area contributed by atoms with Crippen molar-refractivity contribution < 1.29 is 14.7 Å². The quantitative estimate of drug-likeness (QED) is 0.853. The zero-order chi connectivity index (χ0) is 16.3. The van der Waals surface area contributed by atoms with Gasteiger partial charge in [0.15, 0.2) is 0 Å². The highest BCUT2D eigenvalue weighted by atomic mass is 79.9. The molecule has 0 aromatic heterocycles. The smallest absolute Gasteiger partial charge is 0.323 e. The molecular weight excluding hydrogens is 372 g/mol. The van der Waals surface area contributed by atoms with Gasteiger partial charge in [-0.05, 0) is 42.3 Å². The summed E-state index contributed by atoms with van der Waals surface area (Å²) in [6, 6.07) is 8.86. The first-order chi connectivity index (χ1) is 10.4. The highest BCUT2D eigenvalue weighted by Crippen LogP contribution is 2.26. The molecule has 2 aromatic carbocycles. The molecule has 22 heavy (non-hydrogen) atoms. The van der Waals surface area contributed by atoms with Gasteiger partial charge < -0.3 is 20.5 Å². The molecule has 2 amide bonds. The summed E-state index contributed by atoms with van der Waals surface area (Å²) in [5, 5.41) is 16.4. The van der Waals surface area contributed by atoms with Crippen molar-refractivity contribution >= 4 is 50.9 Å². The molecule has 0 heterocycles. The first-order valence-corrected chi connectivity index (χ1v) is 7.39. The van der Waals surface area contributed by atoms with Gasteiger partial charge in [0.2, 0.25) is 0 Å². The van der Waals surface area contributed by atoms with Crippen LogP contribution in [-0.4, -0.2) is 12.0 Å². The van der Waals surface area contributed by atoms with E-state index in [-0.39, 0.29) is 5.56 Å². The number of hydrogen-bond acceptors (Lipinski definition) is 3. The third-order valence-corrected chi connectivity index (χ3v) is 3.71. The van der Waals surface area contributed by atoms with Gasteiger partial charge in [-0.15, -0.1) is 0 Å². The highest BCUT2D eigenvalue weighted by molar-refractivity contribution is 9.10. The molecule has 2 aromatic rings. The van der Waals surface area contributed by atoms with Crippen LogP contribution in [0.2, 0.25) is 5.02 Å². The fraction of sp³-hybridized carbons (Fsp3) is 0.0667. The lowest BCUT2D eigenvalue weighted by Gasteiger charge is -2.13. The number of carbonyl (C=O) groups is 2. The maximum absolute atomic E-state index is 12.0. The first-order valence-electron chi connectivity index (χ1n) is 6.22. The van der Waals surface area contributed by atoms with Crippen LogP contribution in [-0.2, 0) is 0 Å². The van der Waals surface area contributed by atoms with Crippen molar-refractivity contribution in [2.75, 3.05) is 10.6 Å². The van der Waals surface area contributed by atoms with Gasteiger partial charge in [-0.3, -0.25) is 0 Å². The maximum Gasteiger partial charge on any atom is 0.323 e. The molecule has 0 radical (unpaired) electrons. The molecule has 114 valence electrons. The van der Waals surface area contributed by atoms with Gasteiger partial charge in [-0.2, -0.15) is 0 Å². The second kappa shape index (κ2) is 6.81. The number of rotatable bonds is 3. The Labute approximate surface area is 140 Å². The molecule has 0 spiro atoms. The van der Waals surface area contributed by atoms with E-state index < -0.39 is 12.0 Å². The predicted molar refractivity (Wildman–Crippen MR) is 87.3 cm³/mol. The number of aromatic carboxylic acids is 1. The van der Waals surface area contributed by atoms with E-state index in [9.17, 15) is 14.7 Å². The van der Waals surface area contributed by atoms with Crippen molar-refractivity contribution in [1.82, 2.24) is 0 Å². The Bertz CT molecular complexity index is 750. The average Bonchev–Trinajstić information content (AvgIpc) is 2.44. The molecule has 2 rings (SSSR count). The second-order valence-electron chi connectivity index (χ2n) is 4.52. The van der Waals surface area contributed by atoms with Crippen LogP contribution in [0.4, 0.5) is 16.2 Å². The molecular formula is C15H11BrClN2O3-. The third kappa shape index (κ3) is 3.99. The number of carboxylic acid groups (broad SMARTS) is 1. The summed E-state index contributed by atoms with van der Waals surface area (Å²) in [6.45, 7) is 1.75. The lowest BCUT2D eigenvalue weighted by atomic mass is 10.1. The first kappa shape index (κ1) is 16.3. The highest BCUT2D eigenvalue weighted by Gasteiger charge is 2.09. The molecule has 0 fully saturated rings. The number of carbonyl (C=O) groups excluding carboxylic acids is 2. The minimum atomic E-state index is -1.31. The minimum Gasteiger partial charge on any atom is -0.545 e. The Hall–Kier alpha value is -2.05. The van der Waals surface area contributed by atoms with Crippen LogP contribution >= 0.6 is 27.5 Å². The van der Waals surface area contributed by atoms with Crippen LogP contribution in [0, 0.1) is 6.92 Å². The summed E-state index contributed by atoms with van der Waals surface area (Å²) in [6.07, 6.45) is 0. The Balaban J connectivity index is 2.15. The van der Waals surface area contributed by atoms with E-state index in [2.05, 4.69) is 26.6 Å². The monoisotopic (exact) mass is 381 g/mol. The Morgan fingerprint density at radius 3 is 2.41 bits per heavy atom. The number of carboxylic acids is 1. The number of halogens is 2. The van der Waals surface area contributed by atoms with Gasteiger partial charge in [0.1, 0.15) is 0 Å². The van der Waals surface area contributed by atoms with E-state index in [1.54, 1.807) is 31.2 Å². The summed E-state index contributed by atoms with van der Waals surface area (Å²) in [7, 11) is 0. The zero-order valence-electron chi connectivity index (χ0n) is 11.4. The number of urea groups is 1. The van der Waals surface area contributed by atoms with Crippen LogP contribution in [0.15, 0.2) is 40.9 Å². The third-order valence-electron chi connectivity index (χ3n) is 2.90. The van der Waals surface area contributed by atoms with Crippen LogP contribution in [0.5, 0.6) is 0 Å². The molecule has 7 heteroatoms. The molecule has 0 aliphatic carbocycles. The Kier molecular flexibility index (Phi) is 5.05. The van der Waals surface area contributed by atoms with Gasteiger partial charge in [0.25, 0.3) is 0 Å². The van der Waals surface area contributed by atoms with Gasteiger partial charge in [0, 0.05) is 10.2 Å². The topological polar surface area (TPSA) is 81.3 Å². The number of hydrogen-bond donors (Lipinski definition) is 2. The molecule has 0 saturated carbocycles. The average molecular weight is 383 g/mol. The van der Waals surface area contributed by atoms with Crippen molar-refractivity contribution in [3.63, 3.8) is 0 Å². The van der Waals surface area contributed by atoms with Crippen molar-refractivity contribution in [3.8, 4) is 0 Å².